The summed E-state index contributed by atoms with van der Waals surface area (Å²) < 4.78 is 1.67. The first-order valence-electron chi connectivity index (χ1n) is 9.43. The van der Waals surface area contributed by atoms with Gasteiger partial charge < -0.3 is 15.1 Å². The van der Waals surface area contributed by atoms with Gasteiger partial charge in [-0.05, 0) is 50.4 Å². The van der Waals surface area contributed by atoms with Crippen LogP contribution in [0.3, 0.4) is 0 Å². The van der Waals surface area contributed by atoms with E-state index in [0.29, 0.717) is 11.4 Å². The number of pyridine rings is 1. The number of likely N-dealkylation sites (N-methyl/N-ethyl adjacent to an activating group) is 1. The summed E-state index contributed by atoms with van der Waals surface area (Å²) in [6.45, 7) is 6.05. The number of anilines is 2. The lowest BCUT2D eigenvalue weighted by Gasteiger charge is -2.34. The zero-order chi connectivity index (χ0) is 19.5. The molecule has 1 N–H and O–H groups in total. The fourth-order valence-corrected chi connectivity index (χ4v) is 3.36. The minimum Gasteiger partial charge on any atom is -0.369 e. The van der Waals surface area contributed by atoms with Crippen LogP contribution in [-0.2, 0) is 0 Å². The number of nitrogens with zero attached hydrogens (tertiary/aromatic N) is 5. The zero-order valence-electron chi connectivity index (χ0n) is 16.2. The lowest BCUT2D eigenvalue weighted by molar-refractivity contribution is 0.102. The van der Waals surface area contributed by atoms with Crippen LogP contribution in [0.15, 0.2) is 54.9 Å². The number of carbonyl (C=O) groups is 1. The first-order valence-corrected chi connectivity index (χ1v) is 9.43. The second kappa shape index (κ2) is 7.82. The molecule has 7 nitrogen and oxygen atoms in total. The predicted molar refractivity (Wildman–Crippen MR) is 110 cm³/mol. The van der Waals surface area contributed by atoms with Gasteiger partial charge in [0.05, 0.1) is 17.5 Å². The van der Waals surface area contributed by atoms with Gasteiger partial charge in [0.15, 0.2) is 5.82 Å². The Kier molecular flexibility index (Phi) is 5.08. The van der Waals surface area contributed by atoms with E-state index in [-0.39, 0.29) is 5.91 Å². The van der Waals surface area contributed by atoms with Gasteiger partial charge in [0.1, 0.15) is 0 Å². The number of rotatable bonds is 4. The predicted octanol–water partition coefficient (Wildman–Crippen LogP) is 2.58. The number of hydrogen-bond acceptors (Lipinski definition) is 5. The largest absolute Gasteiger partial charge is 0.369 e. The Morgan fingerprint density at radius 2 is 1.79 bits per heavy atom. The third kappa shape index (κ3) is 3.75. The number of benzene rings is 1. The average molecular weight is 376 g/mol. The van der Waals surface area contributed by atoms with E-state index in [1.807, 2.05) is 37.3 Å². The van der Waals surface area contributed by atoms with E-state index in [1.165, 1.54) is 5.69 Å². The van der Waals surface area contributed by atoms with Gasteiger partial charge in [-0.2, -0.15) is 5.10 Å². The van der Waals surface area contributed by atoms with Crippen molar-refractivity contribution in [2.75, 3.05) is 43.4 Å². The monoisotopic (exact) mass is 376 g/mol. The van der Waals surface area contributed by atoms with Crippen LogP contribution in [0, 0.1) is 6.92 Å². The molecule has 3 aromatic rings. The highest BCUT2D eigenvalue weighted by Gasteiger charge is 2.17. The van der Waals surface area contributed by atoms with Crippen molar-refractivity contribution in [3.8, 4) is 5.82 Å². The van der Waals surface area contributed by atoms with Crippen LogP contribution in [0.4, 0.5) is 11.4 Å². The molecule has 1 aliphatic rings. The summed E-state index contributed by atoms with van der Waals surface area (Å²) in [7, 11) is 2.15. The number of carbonyl (C=O) groups excluding carboxylic acids is 1. The quantitative estimate of drug-likeness (QED) is 0.758. The molecule has 1 aromatic carbocycles. The topological polar surface area (TPSA) is 66.3 Å². The van der Waals surface area contributed by atoms with Gasteiger partial charge in [0, 0.05) is 43.8 Å². The Morgan fingerprint density at radius 3 is 2.46 bits per heavy atom. The van der Waals surface area contributed by atoms with Crippen molar-refractivity contribution in [2.45, 2.75) is 6.92 Å². The first-order chi connectivity index (χ1) is 13.6. The van der Waals surface area contributed by atoms with Gasteiger partial charge in [-0.15, -0.1) is 0 Å². The van der Waals surface area contributed by atoms with Crippen molar-refractivity contribution in [3.63, 3.8) is 0 Å². The van der Waals surface area contributed by atoms with E-state index in [1.54, 1.807) is 17.1 Å². The maximum Gasteiger partial charge on any atom is 0.259 e. The van der Waals surface area contributed by atoms with Crippen LogP contribution in [0.1, 0.15) is 16.1 Å². The van der Waals surface area contributed by atoms with E-state index in [0.717, 1.165) is 37.6 Å². The standard InChI is InChI=1S/C21H24N6O/c1-16-19(15-23-27(16)20-5-3-4-10-22-20)21(28)24-17-6-8-18(9-7-17)26-13-11-25(2)12-14-26/h3-10,15H,11-14H2,1-2H3,(H,24,28). The van der Waals surface area contributed by atoms with E-state index in [2.05, 4.69) is 44.4 Å². The molecule has 1 saturated heterocycles. The Labute approximate surface area is 164 Å². The number of hydrogen-bond donors (Lipinski definition) is 1. The molecule has 0 unspecified atom stereocenters. The minimum atomic E-state index is -0.174. The van der Waals surface area contributed by atoms with E-state index >= 15 is 0 Å². The molecule has 1 aliphatic heterocycles. The summed E-state index contributed by atoms with van der Waals surface area (Å²) in [5, 5.41) is 7.27. The highest BCUT2D eigenvalue weighted by molar-refractivity contribution is 6.05. The molecule has 1 fully saturated rings. The van der Waals surface area contributed by atoms with Gasteiger partial charge >= 0.3 is 0 Å². The zero-order valence-corrected chi connectivity index (χ0v) is 16.2. The van der Waals surface area contributed by atoms with Gasteiger partial charge in [0.2, 0.25) is 0 Å². The maximum absolute atomic E-state index is 12.7. The molecule has 144 valence electrons. The summed E-state index contributed by atoms with van der Waals surface area (Å²) in [6, 6.07) is 13.6. The number of piperazine rings is 1. The molecule has 1 amide bonds. The fourth-order valence-electron chi connectivity index (χ4n) is 3.36. The Hall–Kier alpha value is -3.19. The van der Waals surface area contributed by atoms with Crippen molar-refractivity contribution in [3.05, 3.63) is 66.1 Å². The molecule has 0 spiro atoms. The molecular formula is C21H24N6O. The second-order valence-electron chi connectivity index (χ2n) is 7.03. The Bertz CT molecular complexity index is 943. The van der Waals surface area contributed by atoms with Crippen LogP contribution in [-0.4, -0.2) is 58.8 Å². The number of amides is 1. The van der Waals surface area contributed by atoms with Gasteiger partial charge in [0.25, 0.3) is 5.91 Å². The molecule has 2 aromatic heterocycles. The normalized spacial score (nSPS) is 14.9. The second-order valence-corrected chi connectivity index (χ2v) is 7.03. The van der Waals surface area contributed by atoms with Crippen LogP contribution < -0.4 is 10.2 Å². The highest BCUT2D eigenvalue weighted by atomic mass is 16.1. The molecule has 28 heavy (non-hydrogen) atoms. The molecule has 0 saturated carbocycles. The SMILES string of the molecule is Cc1c(C(=O)Nc2ccc(N3CCN(C)CC3)cc2)cnn1-c1ccccn1. The molecule has 3 heterocycles. The van der Waals surface area contributed by atoms with Crippen molar-refractivity contribution in [1.29, 1.82) is 0 Å². The highest BCUT2D eigenvalue weighted by Crippen LogP contribution is 2.20. The van der Waals surface area contributed by atoms with Crippen LogP contribution in [0.5, 0.6) is 0 Å². The van der Waals surface area contributed by atoms with E-state index in [4.69, 9.17) is 0 Å². The number of aromatic nitrogens is 3. The maximum atomic E-state index is 12.7. The molecule has 0 radical (unpaired) electrons. The fraction of sp³-hybridized carbons (Fsp3) is 0.286. The Morgan fingerprint density at radius 1 is 1.04 bits per heavy atom. The minimum absolute atomic E-state index is 0.174. The van der Waals surface area contributed by atoms with Crippen molar-refractivity contribution in [2.24, 2.45) is 0 Å². The van der Waals surface area contributed by atoms with Crippen molar-refractivity contribution in [1.82, 2.24) is 19.7 Å². The molecule has 7 heteroatoms. The lowest BCUT2D eigenvalue weighted by Crippen LogP contribution is -2.44. The van der Waals surface area contributed by atoms with Gasteiger partial charge in [-0.25, -0.2) is 9.67 Å². The lowest BCUT2D eigenvalue weighted by atomic mass is 10.2. The van der Waals surface area contributed by atoms with E-state index in [9.17, 15) is 4.79 Å². The summed E-state index contributed by atoms with van der Waals surface area (Å²) in [6.07, 6.45) is 3.29. The third-order valence-electron chi connectivity index (χ3n) is 5.11. The Balaban J connectivity index is 1.45. The summed E-state index contributed by atoms with van der Waals surface area (Å²) in [5.41, 5.74) is 3.25. The van der Waals surface area contributed by atoms with Gasteiger partial charge in [-0.3, -0.25) is 4.79 Å². The smallest absolute Gasteiger partial charge is 0.259 e. The van der Waals surface area contributed by atoms with Crippen molar-refractivity contribution < 1.29 is 4.79 Å². The van der Waals surface area contributed by atoms with Crippen LogP contribution in [0.25, 0.3) is 5.82 Å². The van der Waals surface area contributed by atoms with Gasteiger partial charge in [-0.1, -0.05) is 6.07 Å². The number of nitrogens with one attached hydrogen (secondary N) is 1. The summed E-state index contributed by atoms with van der Waals surface area (Å²) in [4.78, 5) is 21.7. The summed E-state index contributed by atoms with van der Waals surface area (Å²) >= 11 is 0. The molecule has 0 atom stereocenters. The van der Waals surface area contributed by atoms with Crippen LogP contribution in [0.2, 0.25) is 0 Å². The summed E-state index contributed by atoms with van der Waals surface area (Å²) in [5.74, 6) is 0.516. The van der Waals surface area contributed by atoms with Crippen LogP contribution >= 0.6 is 0 Å². The molecular weight excluding hydrogens is 352 g/mol. The van der Waals surface area contributed by atoms with Crippen molar-refractivity contribution >= 4 is 17.3 Å². The first kappa shape index (κ1) is 18.2. The molecule has 0 aliphatic carbocycles. The van der Waals surface area contributed by atoms with E-state index < -0.39 is 0 Å². The molecule has 4 rings (SSSR count). The molecule has 0 bridgehead atoms. The third-order valence-corrected chi connectivity index (χ3v) is 5.11. The average Bonchev–Trinajstić information content (AvgIpc) is 3.11.